The minimum atomic E-state index is -0.437. The van der Waals surface area contributed by atoms with Crippen LogP contribution < -0.4 is 5.32 Å². The van der Waals surface area contributed by atoms with E-state index < -0.39 is 5.82 Å². The van der Waals surface area contributed by atoms with Crippen LogP contribution in [0.4, 0.5) is 14.9 Å². The summed E-state index contributed by atoms with van der Waals surface area (Å²) in [5.41, 5.74) is 0.192. The van der Waals surface area contributed by atoms with Gasteiger partial charge in [0, 0.05) is 11.9 Å². The number of benzene rings is 1. The first kappa shape index (κ1) is 13.5. The molecule has 0 fully saturated rings. The SMILES string of the molecule is CC(c1cccs1)N(C)C(=O)Nc1ccccc1F. The molecule has 5 heteroatoms. The van der Waals surface area contributed by atoms with Crippen molar-refractivity contribution in [3.05, 3.63) is 52.5 Å². The summed E-state index contributed by atoms with van der Waals surface area (Å²) in [6, 6.07) is 9.67. The Morgan fingerprint density at radius 3 is 2.68 bits per heavy atom. The van der Waals surface area contributed by atoms with Crippen LogP contribution in [0, 0.1) is 5.82 Å². The highest BCUT2D eigenvalue weighted by atomic mass is 32.1. The fraction of sp³-hybridized carbons (Fsp3) is 0.214. The molecule has 1 atom stereocenters. The number of thiophene rings is 1. The topological polar surface area (TPSA) is 32.3 Å². The van der Waals surface area contributed by atoms with Gasteiger partial charge in [-0.05, 0) is 30.5 Å². The van der Waals surface area contributed by atoms with Crippen LogP contribution in [0.25, 0.3) is 0 Å². The molecule has 1 unspecified atom stereocenters. The van der Waals surface area contributed by atoms with Crippen LogP contribution in [-0.4, -0.2) is 18.0 Å². The second-order valence-electron chi connectivity index (χ2n) is 4.21. The molecule has 2 rings (SSSR count). The molecule has 0 aliphatic rings. The molecule has 2 aromatic rings. The third kappa shape index (κ3) is 3.12. The Hall–Kier alpha value is -1.88. The summed E-state index contributed by atoms with van der Waals surface area (Å²) in [4.78, 5) is 14.7. The van der Waals surface area contributed by atoms with Gasteiger partial charge in [0.15, 0.2) is 0 Å². The second kappa shape index (κ2) is 5.84. The summed E-state index contributed by atoms with van der Waals surface area (Å²) >= 11 is 1.59. The van der Waals surface area contributed by atoms with Gasteiger partial charge in [-0.3, -0.25) is 0 Å². The first-order valence-corrected chi connectivity index (χ1v) is 6.79. The van der Waals surface area contributed by atoms with Crippen LogP contribution in [0.15, 0.2) is 41.8 Å². The number of urea groups is 1. The van der Waals surface area contributed by atoms with Crippen LogP contribution >= 0.6 is 11.3 Å². The van der Waals surface area contributed by atoms with E-state index in [-0.39, 0.29) is 17.8 Å². The average Bonchev–Trinajstić information content (AvgIpc) is 2.93. The van der Waals surface area contributed by atoms with E-state index in [2.05, 4.69) is 5.32 Å². The van der Waals surface area contributed by atoms with Crippen molar-refractivity contribution < 1.29 is 9.18 Å². The van der Waals surface area contributed by atoms with Gasteiger partial charge in [0.05, 0.1) is 11.7 Å². The number of rotatable bonds is 3. The predicted molar refractivity (Wildman–Crippen MR) is 75.9 cm³/mol. The molecule has 0 aliphatic carbocycles. The summed E-state index contributed by atoms with van der Waals surface area (Å²) in [5, 5.41) is 4.54. The van der Waals surface area contributed by atoms with E-state index in [1.807, 2.05) is 24.4 Å². The molecule has 1 N–H and O–H groups in total. The van der Waals surface area contributed by atoms with E-state index in [1.165, 1.54) is 12.1 Å². The Morgan fingerprint density at radius 1 is 1.32 bits per heavy atom. The molecule has 0 bridgehead atoms. The highest BCUT2D eigenvalue weighted by Crippen LogP contribution is 2.24. The summed E-state index contributed by atoms with van der Waals surface area (Å²) in [5.74, 6) is -0.437. The molecule has 1 aromatic heterocycles. The zero-order valence-corrected chi connectivity index (χ0v) is 11.6. The lowest BCUT2D eigenvalue weighted by atomic mass is 10.2. The molecule has 1 aromatic carbocycles. The maximum atomic E-state index is 13.5. The Balaban J connectivity index is 2.06. The molecule has 1 heterocycles. The summed E-state index contributed by atoms with van der Waals surface area (Å²) < 4.78 is 13.5. The third-order valence-electron chi connectivity index (χ3n) is 2.97. The van der Waals surface area contributed by atoms with Gasteiger partial charge in [-0.1, -0.05) is 18.2 Å². The monoisotopic (exact) mass is 278 g/mol. The van der Waals surface area contributed by atoms with Crippen molar-refractivity contribution in [1.29, 1.82) is 0 Å². The molecule has 2 amide bonds. The van der Waals surface area contributed by atoms with Crippen molar-refractivity contribution in [2.24, 2.45) is 0 Å². The molecular formula is C14H15FN2OS. The van der Waals surface area contributed by atoms with Crippen molar-refractivity contribution in [3.63, 3.8) is 0 Å². The van der Waals surface area contributed by atoms with E-state index in [9.17, 15) is 9.18 Å². The van der Waals surface area contributed by atoms with Crippen LogP contribution in [0.2, 0.25) is 0 Å². The first-order valence-electron chi connectivity index (χ1n) is 5.91. The van der Waals surface area contributed by atoms with Gasteiger partial charge in [0.1, 0.15) is 5.82 Å². The minimum Gasteiger partial charge on any atom is -0.320 e. The minimum absolute atomic E-state index is 0.0493. The lowest BCUT2D eigenvalue weighted by molar-refractivity contribution is 0.209. The molecule has 19 heavy (non-hydrogen) atoms. The van der Waals surface area contributed by atoms with Crippen molar-refractivity contribution in [3.8, 4) is 0 Å². The molecule has 0 saturated heterocycles. The molecule has 0 spiro atoms. The number of hydrogen-bond acceptors (Lipinski definition) is 2. The number of nitrogens with zero attached hydrogens (tertiary/aromatic N) is 1. The number of carbonyl (C=O) groups is 1. The van der Waals surface area contributed by atoms with Gasteiger partial charge in [-0.25, -0.2) is 9.18 Å². The van der Waals surface area contributed by atoms with Crippen LogP contribution in [-0.2, 0) is 0 Å². The molecule has 0 saturated carbocycles. The van der Waals surface area contributed by atoms with Gasteiger partial charge in [0.2, 0.25) is 0 Å². The predicted octanol–water partition coefficient (Wildman–Crippen LogP) is 4.11. The van der Waals surface area contributed by atoms with Crippen molar-refractivity contribution >= 4 is 23.1 Å². The van der Waals surface area contributed by atoms with E-state index in [0.29, 0.717) is 0 Å². The van der Waals surface area contributed by atoms with Crippen LogP contribution in [0.3, 0.4) is 0 Å². The molecule has 0 aliphatic heterocycles. The van der Waals surface area contributed by atoms with E-state index in [0.717, 1.165) is 4.88 Å². The zero-order valence-electron chi connectivity index (χ0n) is 10.8. The number of carbonyl (C=O) groups excluding carboxylic acids is 1. The first-order chi connectivity index (χ1) is 9.09. The van der Waals surface area contributed by atoms with E-state index in [1.54, 1.807) is 35.4 Å². The summed E-state index contributed by atoms with van der Waals surface area (Å²) in [7, 11) is 1.70. The zero-order chi connectivity index (χ0) is 13.8. The van der Waals surface area contributed by atoms with Crippen molar-refractivity contribution in [2.75, 3.05) is 12.4 Å². The fourth-order valence-corrected chi connectivity index (χ4v) is 2.49. The van der Waals surface area contributed by atoms with Crippen molar-refractivity contribution in [1.82, 2.24) is 4.90 Å². The number of hydrogen-bond donors (Lipinski definition) is 1. The number of nitrogens with one attached hydrogen (secondary N) is 1. The quantitative estimate of drug-likeness (QED) is 0.900. The maximum absolute atomic E-state index is 13.5. The van der Waals surface area contributed by atoms with Gasteiger partial charge in [-0.15, -0.1) is 11.3 Å². The molecule has 0 radical (unpaired) electrons. The van der Waals surface area contributed by atoms with Crippen LogP contribution in [0.1, 0.15) is 17.8 Å². The van der Waals surface area contributed by atoms with E-state index >= 15 is 0 Å². The molecular weight excluding hydrogens is 263 g/mol. The standard InChI is InChI=1S/C14H15FN2OS/c1-10(13-8-5-9-19-13)17(2)14(18)16-12-7-4-3-6-11(12)15/h3-10H,1-2H3,(H,16,18). The Bertz CT molecular complexity index is 556. The lowest BCUT2D eigenvalue weighted by Crippen LogP contribution is -2.33. The number of amides is 2. The number of halogens is 1. The van der Waals surface area contributed by atoms with Gasteiger partial charge in [0.25, 0.3) is 0 Å². The van der Waals surface area contributed by atoms with Gasteiger partial charge in [-0.2, -0.15) is 0 Å². The largest absolute Gasteiger partial charge is 0.322 e. The normalized spacial score (nSPS) is 11.9. The molecule has 3 nitrogen and oxygen atoms in total. The molecule has 100 valence electrons. The van der Waals surface area contributed by atoms with Crippen LogP contribution in [0.5, 0.6) is 0 Å². The third-order valence-corrected chi connectivity index (χ3v) is 4.01. The summed E-state index contributed by atoms with van der Waals surface area (Å²) in [6.07, 6.45) is 0. The Kier molecular flexibility index (Phi) is 4.16. The summed E-state index contributed by atoms with van der Waals surface area (Å²) in [6.45, 7) is 1.94. The Morgan fingerprint density at radius 2 is 2.05 bits per heavy atom. The lowest BCUT2D eigenvalue weighted by Gasteiger charge is -2.24. The van der Waals surface area contributed by atoms with E-state index in [4.69, 9.17) is 0 Å². The maximum Gasteiger partial charge on any atom is 0.322 e. The Labute approximate surface area is 115 Å². The second-order valence-corrected chi connectivity index (χ2v) is 5.19. The van der Waals surface area contributed by atoms with Gasteiger partial charge < -0.3 is 10.2 Å². The van der Waals surface area contributed by atoms with Gasteiger partial charge >= 0.3 is 6.03 Å². The van der Waals surface area contributed by atoms with Crippen molar-refractivity contribution in [2.45, 2.75) is 13.0 Å². The average molecular weight is 278 g/mol. The fourth-order valence-electron chi connectivity index (χ4n) is 1.66. The highest BCUT2D eigenvalue weighted by Gasteiger charge is 2.18. The number of anilines is 1. The highest BCUT2D eigenvalue weighted by molar-refractivity contribution is 7.10. The smallest absolute Gasteiger partial charge is 0.320 e. The number of para-hydroxylation sites is 1.